The van der Waals surface area contributed by atoms with Gasteiger partial charge in [0, 0.05) is 12.1 Å². The van der Waals surface area contributed by atoms with Crippen molar-refractivity contribution in [3.63, 3.8) is 0 Å². The standard InChI is InChI=1S/C16H18N2O4/c1-17(2)9-12-5-3-11(4-6-12)7-13-8-14(19)18(16(13)22)10-15(20)21/h3-7H,8-10H2,1-2H3,(H,20,21)/b13-7+. The highest BCUT2D eigenvalue weighted by Gasteiger charge is 2.34. The molecule has 0 unspecified atom stereocenters. The zero-order valence-corrected chi connectivity index (χ0v) is 12.6. The third-order valence-corrected chi connectivity index (χ3v) is 3.28. The molecule has 1 aromatic carbocycles. The number of hydrogen-bond donors (Lipinski definition) is 1. The second kappa shape index (κ2) is 6.53. The monoisotopic (exact) mass is 302 g/mol. The molecule has 0 aliphatic carbocycles. The molecule has 1 N–H and O–H groups in total. The molecule has 1 saturated heterocycles. The van der Waals surface area contributed by atoms with Gasteiger partial charge in [0.25, 0.3) is 5.91 Å². The van der Waals surface area contributed by atoms with Gasteiger partial charge >= 0.3 is 5.97 Å². The molecule has 0 aromatic heterocycles. The summed E-state index contributed by atoms with van der Waals surface area (Å²) in [6.07, 6.45) is 1.59. The van der Waals surface area contributed by atoms with Gasteiger partial charge in [-0.3, -0.25) is 19.3 Å². The number of benzene rings is 1. The molecule has 2 amide bonds. The van der Waals surface area contributed by atoms with Crippen LogP contribution in [-0.4, -0.2) is 53.3 Å². The summed E-state index contributed by atoms with van der Waals surface area (Å²) >= 11 is 0. The lowest BCUT2D eigenvalue weighted by Gasteiger charge is -2.10. The lowest BCUT2D eigenvalue weighted by Crippen LogP contribution is -2.34. The first-order chi connectivity index (χ1) is 10.4. The molecule has 6 heteroatoms. The summed E-state index contributed by atoms with van der Waals surface area (Å²) in [5.41, 5.74) is 2.29. The molecule has 1 aromatic rings. The minimum Gasteiger partial charge on any atom is -0.480 e. The van der Waals surface area contributed by atoms with E-state index in [1.165, 1.54) is 0 Å². The SMILES string of the molecule is CN(C)Cc1ccc(/C=C2\CC(=O)N(CC(=O)O)C2=O)cc1. The van der Waals surface area contributed by atoms with Crippen LogP contribution >= 0.6 is 0 Å². The van der Waals surface area contributed by atoms with E-state index in [-0.39, 0.29) is 6.42 Å². The van der Waals surface area contributed by atoms with E-state index in [0.717, 1.165) is 22.6 Å². The van der Waals surface area contributed by atoms with Gasteiger partial charge in [-0.15, -0.1) is 0 Å². The third-order valence-electron chi connectivity index (χ3n) is 3.28. The highest BCUT2D eigenvalue weighted by Crippen LogP contribution is 2.21. The van der Waals surface area contributed by atoms with E-state index in [4.69, 9.17) is 5.11 Å². The summed E-state index contributed by atoms with van der Waals surface area (Å²) in [7, 11) is 3.96. The Bertz CT molecular complexity index is 632. The van der Waals surface area contributed by atoms with Crippen LogP contribution in [0.25, 0.3) is 6.08 Å². The maximum Gasteiger partial charge on any atom is 0.323 e. The van der Waals surface area contributed by atoms with E-state index in [0.29, 0.717) is 5.57 Å². The maximum atomic E-state index is 12.0. The van der Waals surface area contributed by atoms with Crippen molar-refractivity contribution in [3.8, 4) is 0 Å². The lowest BCUT2D eigenvalue weighted by atomic mass is 10.1. The van der Waals surface area contributed by atoms with Crippen LogP contribution < -0.4 is 0 Å². The highest BCUT2D eigenvalue weighted by atomic mass is 16.4. The average molecular weight is 302 g/mol. The Hall–Kier alpha value is -2.47. The molecule has 1 fully saturated rings. The molecule has 0 atom stereocenters. The van der Waals surface area contributed by atoms with Crippen LogP contribution in [0.1, 0.15) is 17.5 Å². The van der Waals surface area contributed by atoms with Crippen molar-refractivity contribution < 1.29 is 19.5 Å². The quantitative estimate of drug-likeness (QED) is 0.648. The largest absolute Gasteiger partial charge is 0.480 e. The van der Waals surface area contributed by atoms with Crippen molar-refractivity contribution in [2.24, 2.45) is 0 Å². The minimum absolute atomic E-state index is 0.0500. The molecule has 116 valence electrons. The van der Waals surface area contributed by atoms with Gasteiger partial charge < -0.3 is 10.0 Å². The van der Waals surface area contributed by atoms with Crippen LogP contribution in [0.4, 0.5) is 0 Å². The number of carboxylic acids is 1. The average Bonchev–Trinajstić information content (AvgIpc) is 2.68. The van der Waals surface area contributed by atoms with E-state index in [1.54, 1.807) is 6.08 Å². The molecule has 1 aliphatic rings. The number of nitrogens with zero attached hydrogens (tertiary/aromatic N) is 2. The van der Waals surface area contributed by atoms with Crippen LogP contribution in [0.2, 0.25) is 0 Å². The van der Waals surface area contributed by atoms with E-state index >= 15 is 0 Å². The molecule has 1 aliphatic heterocycles. The highest BCUT2D eigenvalue weighted by molar-refractivity contribution is 6.16. The number of aliphatic carboxylic acids is 1. The number of hydrogen-bond acceptors (Lipinski definition) is 4. The Morgan fingerprint density at radius 2 is 1.91 bits per heavy atom. The van der Waals surface area contributed by atoms with Crippen LogP contribution in [0, 0.1) is 0 Å². The molecule has 22 heavy (non-hydrogen) atoms. The van der Waals surface area contributed by atoms with E-state index < -0.39 is 24.3 Å². The molecular weight excluding hydrogens is 284 g/mol. The van der Waals surface area contributed by atoms with E-state index in [1.807, 2.05) is 38.4 Å². The zero-order valence-electron chi connectivity index (χ0n) is 12.6. The topological polar surface area (TPSA) is 77.9 Å². The first-order valence-electron chi connectivity index (χ1n) is 6.87. The van der Waals surface area contributed by atoms with Gasteiger partial charge in [0.2, 0.25) is 5.91 Å². The van der Waals surface area contributed by atoms with Crippen LogP contribution in [0.15, 0.2) is 29.8 Å². The second-order valence-electron chi connectivity index (χ2n) is 5.50. The summed E-state index contributed by atoms with van der Waals surface area (Å²) in [5, 5.41) is 8.72. The molecular formula is C16H18N2O4. The zero-order chi connectivity index (χ0) is 16.3. The first kappa shape index (κ1) is 15.9. The van der Waals surface area contributed by atoms with Crippen molar-refractivity contribution in [3.05, 3.63) is 41.0 Å². The van der Waals surface area contributed by atoms with Crippen molar-refractivity contribution in [2.45, 2.75) is 13.0 Å². The van der Waals surface area contributed by atoms with Gasteiger partial charge in [-0.25, -0.2) is 0 Å². The van der Waals surface area contributed by atoms with Gasteiger partial charge in [-0.2, -0.15) is 0 Å². The van der Waals surface area contributed by atoms with Crippen molar-refractivity contribution in [1.82, 2.24) is 9.80 Å². The first-order valence-corrected chi connectivity index (χ1v) is 6.87. The molecule has 0 spiro atoms. The number of rotatable bonds is 5. The predicted molar refractivity (Wildman–Crippen MR) is 80.8 cm³/mol. The molecule has 0 bridgehead atoms. The van der Waals surface area contributed by atoms with Crippen molar-refractivity contribution in [2.75, 3.05) is 20.6 Å². The Kier molecular flexibility index (Phi) is 4.72. The smallest absolute Gasteiger partial charge is 0.323 e. The third kappa shape index (κ3) is 3.79. The molecule has 2 rings (SSSR count). The van der Waals surface area contributed by atoms with Gasteiger partial charge in [0.1, 0.15) is 6.54 Å². The van der Waals surface area contributed by atoms with E-state index in [2.05, 4.69) is 4.90 Å². The summed E-state index contributed by atoms with van der Waals surface area (Å²) in [6.45, 7) is 0.234. The van der Waals surface area contributed by atoms with E-state index in [9.17, 15) is 14.4 Å². The Labute approximate surface area is 128 Å². The van der Waals surface area contributed by atoms with Gasteiger partial charge in [0.05, 0.1) is 6.42 Å². The lowest BCUT2D eigenvalue weighted by molar-refractivity contribution is -0.148. The normalized spacial score (nSPS) is 16.9. The van der Waals surface area contributed by atoms with Crippen molar-refractivity contribution in [1.29, 1.82) is 0 Å². The number of imide groups is 1. The summed E-state index contributed by atoms with van der Waals surface area (Å²) < 4.78 is 0. The predicted octanol–water partition coefficient (Wildman–Crippen LogP) is 0.975. The van der Waals surface area contributed by atoms with Crippen molar-refractivity contribution >= 4 is 23.9 Å². The molecule has 0 saturated carbocycles. The maximum absolute atomic E-state index is 12.0. The fraction of sp³-hybridized carbons (Fsp3) is 0.312. The number of carbonyl (C=O) groups is 3. The second-order valence-corrected chi connectivity index (χ2v) is 5.50. The number of likely N-dealkylation sites (tertiary alicyclic amines) is 1. The Balaban J connectivity index is 2.14. The summed E-state index contributed by atoms with van der Waals surface area (Å²) in [4.78, 5) is 37.2. The molecule has 6 nitrogen and oxygen atoms in total. The fourth-order valence-electron chi connectivity index (χ4n) is 2.31. The Morgan fingerprint density at radius 1 is 1.27 bits per heavy atom. The minimum atomic E-state index is -1.20. The summed E-state index contributed by atoms with van der Waals surface area (Å²) in [5.74, 6) is -2.19. The fourth-order valence-corrected chi connectivity index (χ4v) is 2.31. The molecule has 0 radical (unpaired) electrons. The van der Waals surface area contributed by atoms with Crippen LogP contribution in [0.3, 0.4) is 0 Å². The van der Waals surface area contributed by atoms with Crippen LogP contribution in [0.5, 0.6) is 0 Å². The Morgan fingerprint density at radius 3 is 2.45 bits per heavy atom. The molecule has 1 heterocycles. The van der Waals surface area contributed by atoms with Crippen LogP contribution in [-0.2, 0) is 20.9 Å². The van der Waals surface area contributed by atoms with Gasteiger partial charge in [-0.1, -0.05) is 24.3 Å². The summed E-state index contributed by atoms with van der Waals surface area (Å²) in [6, 6.07) is 7.68. The van der Waals surface area contributed by atoms with Gasteiger partial charge in [0.15, 0.2) is 0 Å². The number of carbonyl (C=O) groups excluding carboxylic acids is 2. The number of amides is 2. The van der Waals surface area contributed by atoms with Gasteiger partial charge in [-0.05, 0) is 31.3 Å². The number of carboxylic acid groups (broad SMARTS) is 1.